The van der Waals surface area contributed by atoms with Crippen molar-refractivity contribution in [3.05, 3.63) is 18.0 Å². The smallest absolute Gasteiger partial charge is 0.410 e. The highest BCUT2D eigenvalue weighted by molar-refractivity contribution is 5.83. The Labute approximate surface area is 136 Å². The molecule has 0 atom stereocenters. The van der Waals surface area contributed by atoms with Crippen LogP contribution in [0, 0.1) is 0 Å². The van der Waals surface area contributed by atoms with Crippen LogP contribution in [0.2, 0.25) is 0 Å². The number of methoxy groups -OCH3 is 1. The van der Waals surface area contributed by atoms with Gasteiger partial charge in [-0.1, -0.05) is 0 Å². The highest BCUT2D eigenvalue weighted by Gasteiger charge is 2.46. The van der Waals surface area contributed by atoms with Gasteiger partial charge >= 0.3 is 12.1 Å². The number of nitrogens with zero attached hydrogens (tertiary/aromatic N) is 3. The third kappa shape index (κ3) is 3.65. The van der Waals surface area contributed by atoms with Crippen LogP contribution in [-0.4, -0.2) is 52.5 Å². The quantitative estimate of drug-likeness (QED) is 0.777. The maximum atomic E-state index is 12.4. The van der Waals surface area contributed by atoms with Gasteiger partial charge < -0.3 is 14.4 Å². The maximum Gasteiger partial charge on any atom is 0.410 e. The fourth-order valence-electron chi connectivity index (χ4n) is 2.87. The number of aromatic nitrogens is 2. The summed E-state index contributed by atoms with van der Waals surface area (Å²) in [6.45, 7) is 6.40. The number of rotatable bonds is 2. The lowest BCUT2D eigenvalue weighted by Crippen LogP contribution is -2.50. The number of amides is 1. The Bertz CT molecular complexity index is 580. The van der Waals surface area contributed by atoms with Crippen LogP contribution in [0.1, 0.15) is 39.2 Å². The summed E-state index contributed by atoms with van der Waals surface area (Å²) in [5.74, 6) is -0.283. The SMILES string of the molecule is COC(=O)C1(c2cnn(C)c2)CCN(C(=O)OC(C)(C)C)CC1. The monoisotopic (exact) mass is 323 g/mol. The second-order valence-electron chi connectivity index (χ2n) is 6.94. The Morgan fingerprint density at radius 1 is 1.26 bits per heavy atom. The van der Waals surface area contributed by atoms with Gasteiger partial charge in [0.05, 0.1) is 18.7 Å². The molecule has 1 aromatic rings. The van der Waals surface area contributed by atoms with Gasteiger partial charge in [-0.05, 0) is 33.6 Å². The van der Waals surface area contributed by atoms with Crippen molar-refractivity contribution >= 4 is 12.1 Å². The first-order valence-corrected chi connectivity index (χ1v) is 7.73. The van der Waals surface area contributed by atoms with E-state index in [1.165, 1.54) is 7.11 Å². The van der Waals surface area contributed by atoms with Gasteiger partial charge in [0.2, 0.25) is 0 Å². The summed E-state index contributed by atoms with van der Waals surface area (Å²) in [6, 6.07) is 0. The molecule has 23 heavy (non-hydrogen) atoms. The molecular weight excluding hydrogens is 298 g/mol. The fraction of sp³-hybridized carbons (Fsp3) is 0.688. The molecule has 0 unspecified atom stereocenters. The largest absolute Gasteiger partial charge is 0.468 e. The van der Waals surface area contributed by atoms with E-state index >= 15 is 0 Å². The number of likely N-dealkylation sites (tertiary alicyclic amines) is 1. The van der Waals surface area contributed by atoms with Crippen molar-refractivity contribution in [3.8, 4) is 0 Å². The summed E-state index contributed by atoms with van der Waals surface area (Å²) in [6.07, 6.45) is 4.16. The molecule has 1 amide bonds. The molecule has 1 aliphatic rings. The first kappa shape index (κ1) is 17.3. The van der Waals surface area contributed by atoms with Gasteiger partial charge in [0.15, 0.2) is 0 Å². The molecule has 0 N–H and O–H groups in total. The van der Waals surface area contributed by atoms with Gasteiger partial charge in [0.1, 0.15) is 5.60 Å². The molecule has 0 spiro atoms. The van der Waals surface area contributed by atoms with Crippen molar-refractivity contribution in [2.75, 3.05) is 20.2 Å². The topological polar surface area (TPSA) is 73.7 Å². The second-order valence-corrected chi connectivity index (χ2v) is 6.94. The number of hydrogen-bond acceptors (Lipinski definition) is 5. The third-order valence-electron chi connectivity index (χ3n) is 4.10. The van der Waals surface area contributed by atoms with Crippen molar-refractivity contribution in [1.29, 1.82) is 0 Å². The predicted octanol–water partition coefficient (Wildman–Crippen LogP) is 1.86. The van der Waals surface area contributed by atoms with E-state index in [-0.39, 0.29) is 12.1 Å². The van der Waals surface area contributed by atoms with Crippen molar-refractivity contribution < 1.29 is 19.1 Å². The Morgan fingerprint density at radius 2 is 1.87 bits per heavy atom. The van der Waals surface area contributed by atoms with Gasteiger partial charge in [-0.3, -0.25) is 9.48 Å². The van der Waals surface area contributed by atoms with Crippen LogP contribution in [0.15, 0.2) is 12.4 Å². The zero-order valence-electron chi connectivity index (χ0n) is 14.5. The van der Waals surface area contributed by atoms with Crippen LogP contribution in [0.25, 0.3) is 0 Å². The summed E-state index contributed by atoms with van der Waals surface area (Å²) < 4.78 is 12.1. The normalized spacial score (nSPS) is 17.7. The van der Waals surface area contributed by atoms with E-state index < -0.39 is 11.0 Å². The molecule has 7 heteroatoms. The van der Waals surface area contributed by atoms with Crippen LogP contribution < -0.4 is 0 Å². The van der Waals surface area contributed by atoms with E-state index in [1.54, 1.807) is 15.8 Å². The molecule has 1 aliphatic heterocycles. The first-order valence-electron chi connectivity index (χ1n) is 7.73. The van der Waals surface area contributed by atoms with E-state index in [2.05, 4.69) is 5.10 Å². The lowest BCUT2D eigenvalue weighted by molar-refractivity contribution is -0.149. The molecular formula is C16H25N3O4. The number of piperidine rings is 1. The number of carbonyl (C=O) groups is 2. The minimum Gasteiger partial charge on any atom is -0.468 e. The molecule has 7 nitrogen and oxygen atoms in total. The summed E-state index contributed by atoms with van der Waals surface area (Å²) in [5, 5.41) is 4.16. The molecule has 0 aliphatic carbocycles. The van der Waals surface area contributed by atoms with E-state index in [1.807, 2.05) is 34.0 Å². The van der Waals surface area contributed by atoms with Gasteiger partial charge in [-0.15, -0.1) is 0 Å². The fourth-order valence-corrected chi connectivity index (χ4v) is 2.87. The van der Waals surface area contributed by atoms with E-state index in [0.717, 1.165) is 5.56 Å². The molecule has 1 aromatic heterocycles. The molecule has 0 aromatic carbocycles. The lowest BCUT2D eigenvalue weighted by atomic mass is 9.74. The highest BCUT2D eigenvalue weighted by Crippen LogP contribution is 2.37. The van der Waals surface area contributed by atoms with Crippen molar-refractivity contribution in [3.63, 3.8) is 0 Å². The molecule has 0 bridgehead atoms. The minimum atomic E-state index is -0.748. The van der Waals surface area contributed by atoms with Gasteiger partial charge in [0, 0.05) is 31.9 Å². The molecule has 0 radical (unpaired) electrons. The number of hydrogen-bond donors (Lipinski definition) is 0. The molecule has 1 fully saturated rings. The Morgan fingerprint density at radius 3 is 2.30 bits per heavy atom. The maximum absolute atomic E-state index is 12.4. The average molecular weight is 323 g/mol. The molecule has 0 saturated carbocycles. The zero-order valence-corrected chi connectivity index (χ0v) is 14.5. The Balaban J connectivity index is 2.15. The molecule has 2 heterocycles. The summed E-state index contributed by atoms with van der Waals surface area (Å²) in [7, 11) is 3.20. The third-order valence-corrected chi connectivity index (χ3v) is 4.10. The van der Waals surface area contributed by atoms with Gasteiger partial charge in [-0.25, -0.2) is 4.79 Å². The van der Waals surface area contributed by atoms with Gasteiger partial charge in [-0.2, -0.15) is 5.10 Å². The Kier molecular flexibility index (Phi) is 4.68. The number of aryl methyl sites for hydroxylation is 1. The van der Waals surface area contributed by atoms with E-state index in [0.29, 0.717) is 25.9 Å². The average Bonchev–Trinajstić information content (AvgIpc) is 2.91. The lowest BCUT2D eigenvalue weighted by Gasteiger charge is -2.39. The van der Waals surface area contributed by atoms with Crippen LogP contribution in [-0.2, 0) is 26.7 Å². The van der Waals surface area contributed by atoms with E-state index in [9.17, 15) is 9.59 Å². The second kappa shape index (κ2) is 6.22. The minimum absolute atomic E-state index is 0.283. The van der Waals surface area contributed by atoms with Crippen LogP contribution in [0.3, 0.4) is 0 Å². The number of carbonyl (C=O) groups excluding carboxylic acids is 2. The van der Waals surface area contributed by atoms with Crippen LogP contribution in [0.4, 0.5) is 4.79 Å². The van der Waals surface area contributed by atoms with Crippen molar-refractivity contribution in [2.45, 2.75) is 44.6 Å². The highest BCUT2D eigenvalue weighted by atomic mass is 16.6. The standard InChI is InChI=1S/C16H25N3O4/c1-15(2,3)23-14(21)19-8-6-16(7-9-19,13(20)22-5)12-10-17-18(4)11-12/h10-11H,6-9H2,1-5H3. The number of ether oxygens (including phenoxy) is 2. The molecule has 128 valence electrons. The predicted molar refractivity (Wildman–Crippen MR) is 83.9 cm³/mol. The summed E-state index contributed by atoms with van der Waals surface area (Å²) in [4.78, 5) is 26.2. The van der Waals surface area contributed by atoms with Crippen molar-refractivity contribution in [2.24, 2.45) is 7.05 Å². The van der Waals surface area contributed by atoms with Crippen LogP contribution >= 0.6 is 0 Å². The summed E-state index contributed by atoms with van der Waals surface area (Å²) in [5.41, 5.74) is -0.450. The van der Waals surface area contributed by atoms with E-state index in [4.69, 9.17) is 9.47 Å². The molecule has 2 rings (SSSR count). The first-order chi connectivity index (χ1) is 10.7. The summed E-state index contributed by atoms with van der Waals surface area (Å²) >= 11 is 0. The number of esters is 1. The Hall–Kier alpha value is -2.05. The zero-order chi connectivity index (χ0) is 17.3. The van der Waals surface area contributed by atoms with Crippen molar-refractivity contribution in [1.82, 2.24) is 14.7 Å². The van der Waals surface area contributed by atoms with Crippen LogP contribution in [0.5, 0.6) is 0 Å². The van der Waals surface area contributed by atoms with Gasteiger partial charge in [0.25, 0.3) is 0 Å². The molecule has 1 saturated heterocycles.